The lowest BCUT2D eigenvalue weighted by Gasteiger charge is -2.17. The Hall–Kier alpha value is -2.42. The fraction of sp³-hybridized carbons (Fsp3) is 0.176. The molecule has 4 aromatic rings. The lowest BCUT2D eigenvalue weighted by atomic mass is 10.0. The average molecular weight is 259 g/mol. The van der Waals surface area contributed by atoms with E-state index in [2.05, 4.69) is 46.6 Å². The van der Waals surface area contributed by atoms with Crippen molar-refractivity contribution in [1.29, 1.82) is 0 Å². The topological polar surface area (TPSA) is 30.2 Å². The Kier molecular flexibility index (Phi) is 1.75. The molecule has 0 N–H and O–H groups in total. The lowest BCUT2D eigenvalue weighted by Crippen LogP contribution is -2.08. The van der Waals surface area contributed by atoms with Gasteiger partial charge in [0, 0.05) is 22.7 Å². The first-order chi connectivity index (χ1) is 9.84. The normalized spacial score (nSPS) is 13.8. The predicted octanol–water partition coefficient (Wildman–Crippen LogP) is 3.44. The average Bonchev–Trinajstić information content (AvgIpc) is 2.84. The predicted molar refractivity (Wildman–Crippen MR) is 80.1 cm³/mol. The summed E-state index contributed by atoms with van der Waals surface area (Å²) in [5.41, 5.74) is 7.31. The molecule has 4 heterocycles. The van der Waals surface area contributed by atoms with Crippen LogP contribution in [0.3, 0.4) is 0 Å². The third-order valence-corrected chi connectivity index (χ3v) is 4.46. The summed E-state index contributed by atoms with van der Waals surface area (Å²) in [6.45, 7) is 2.12. The van der Waals surface area contributed by atoms with E-state index in [1.54, 1.807) is 0 Å². The molecule has 3 nitrogen and oxygen atoms in total. The highest BCUT2D eigenvalue weighted by atomic mass is 15.0. The van der Waals surface area contributed by atoms with E-state index in [4.69, 9.17) is 4.98 Å². The smallest absolute Gasteiger partial charge is 0.145 e. The number of benzene rings is 1. The van der Waals surface area contributed by atoms with E-state index in [-0.39, 0.29) is 0 Å². The van der Waals surface area contributed by atoms with E-state index in [0.717, 1.165) is 29.7 Å². The molecule has 1 aliphatic heterocycles. The number of imidazole rings is 1. The zero-order chi connectivity index (χ0) is 13.3. The van der Waals surface area contributed by atoms with E-state index in [1.807, 2.05) is 6.20 Å². The number of fused-ring (bicyclic) bond motifs is 3. The Morgan fingerprint density at radius 3 is 2.80 bits per heavy atom. The maximum atomic E-state index is 4.83. The Morgan fingerprint density at radius 2 is 1.90 bits per heavy atom. The monoisotopic (exact) mass is 259 g/mol. The van der Waals surface area contributed by atoms with Gasteiger partial charge >= 0.3 is 0 Å². The van der Waals surface area contributed by atoms with Gasteiger partial charge in [0.2, 0.25) is 0 Å². The number of pyridine rings is 2. The number of rotatable bonds is 0. The number of hydrogen-bond acceptors (Lipinski definition) is 2. The van der Waals surface area contributed by atoms with Gasteiger partial charge in [0.15, 0.2) is 0 Å². The minimum absolute atomic E-state index is 1.07. The second-order valence-electron chi connectivity index (χ2n) is 5.52. The van der Waals surface area contributed by atoms with Crippen LogP contribution >= 0.6 is 0 Å². The van der Waals surface area contributed by atoms with Crippen molar-refractivity contribution < 1.29 is 0 Å². The van der Waals surface area contributed by atoms with Crippen molar-refractivity contribution in [2.45, 2.75) is 19.8 Å². The zero-order valence-electron chi connectivity index (χ0n) is 11.2. The Balaban J connectivity index is 2.26. The van der Waals surface area contributed by atoms with Crippen molar-refractivity contribution in [2.75, 3.05) is 0 Å². The van der Waals surface area contributed by atoms with Crippen molar-refractivity contribution in [3.63, 3.8) is 0 Å². The van der Waals surface area contributed by atoms with Gasteiger partial charge in [0.25, 0.3) is 0 Å². The third-order valence-electron chi connectivity index (χ3n) is 4.46. The second-order valence-corrected chi connectivity index (χ2v) is 5.52. The minimum atomic E-state index is 1.07. The molecular weight excluding hydrogens is 246 g/mol. The van der Waals surface area contributed by atoms with E-state index < -0.39 is 0 Å². The molecule has 5 rings (SSSR count). The fourth-order valence-corrected chi connectivity index (χ4v) is 3.56. The number of aryl methyl sites for hydroxylation is 3. The summed E-state index contributed by atoms with van der Waals surface area (Å²) >= 11 is 0. The van der Waals surface area contributed by atoms with Crippen LogP contribution in [0.15, 0.2) is 36.5 Å². The first kappa shape index (κ1) is 10.4. The van der Waals surface area contributed by atoms with Crippen molar-refractivity contribution >= 4 is 27.5 Å². The van der Waals surface area contributed by atoms with Crippen LogP contribution in [0.2, 0.25) is 0 Å². The van der Waals surface area contributed by atoms with Gasteiger partial charge < -0.3 is 0 Å². The molecule has 0 spiro atoms. The molecule has 3 aromatic heterocycles. The zero-order valence-corrected chi connectivity index (χ0v) is 11.2. The second kappa shape index (κ2) is 3.37. The summed E-state index contributed by atoms with van der Waals surface area (Å²) in [6, 6.07) is 10.6. The summed E-state index contributed by atoms with van der Waals surface area (Å²) in [5.74, 6) is 0. The van der Waals surface area contributed by atoms with Crippen LogP contribution in [0.5, 0.6) is 0 Å². The molecule has 20 heavy (non-hydrogen) atoms. The van der Waals surface area contributed by atoms with Gasteiger partial charge in [-0.25, -0.2) is 4.98 Å². The number of aromatic nitrogens is 3. The number of hydrogen-bond donors (Lipinski definition) is 0. The third kappa shape index (κ3) is 1.07. The minimum Gasteiger partial charge on any atom is -0.294 e. The summed E-state index contributed by atoms with van der Waals surface area (Å²) in [6.07, 6.45) is 4.08. The molecule has 0 radical (unpaired) electrons. The van der Waals surface area contributed by atoms with Crippen LogP contribution in [0.25, 0.3) is 27.5 Å². The summed E-state index contributed by atoms with van der Waals surface area (Å²) < 4.78 is 2.33. The highest BCUT2D eigenvalue weighted by molar-refractivity contribution is 6.10. The fourth-order valence-electron chi connectivity index (χ4n) is 3.56. The van der Waals surface area contributed by atoms with E-state index in [1.165, 1.54) is 27.5 Å². The highest BCUT2D eigenvalue weighted by Crippen LogP contribution is 2.34. The first-order valence-corrected chi connectivity index (χ1v) is 7.01. The SMILES string of the molecule is Cc1nc2c3ccccc3c3nccc4c3n2c1CC4. The lowest BCUT2D eigenvalue weighted by molar-refractivity contribution is 0.863. The molecule has 1 aromatic carbocycles. The van der Waals surface area contributed by atoms with Crippen molar-refractivity contribution in [3.05, 3.63) is 53.5 Å². The Bertz CT molecular complexity index is 1010. The van der Waals surface area contributed by atoms with Gasteiger partial charge in [-0.2, -0.15) is 0 Å². The van der Waals surface area contributed by atoms with Crippen molar-refractivity contribution in [1.82, 2.24) is 14.4 Å². The van der Waals surface area contributed by atoms with E-state index in [9.17, 15) is 0 Å². The molecule has 0 unspecified atom stereocenters. The summed E-state index contributed by atoms with van der Waals surface area (Å²) in [4.78, 5) is 9.49. The molecule has 3 heteroatoms. The molecule has 0 saturated carbocycles. The van der Waals surface area contributed by atoms with Crippen LogP contribution in [0.1, 0.15) is 17.0 Å². The van der Waals surface area contributed by atoms with Crippen LogP contribution in [-0.2, 0) is 12.8 Å². The highest BCUT2D eigenvalue weighted by Gasteiger charge is 2.21. The van der Waals surface area contributed by atoms with Gasteiger partial charge in [-0.15, -0.1) is 0 Å². The van der Waals surface area contributed by atoms with Crippen molar-refractivity contribution in [3.8, 4) is 0 Å². The largest absolute Gasteiger partial charge is 0.294 e. The molecular formula is C17H13N3. The quantitative estimate of drug-likeness (QED) is 0.453. The van der Waals surface area contributed by atoms with E-state index >= 15 is 0 Å². The molecule has 0 amide bonds. The van der Waals surface area contributed by atoms with Gasteiger partial charge in [0.05, 0.1) is 16.7 Å². The van der Waals surface area contributed by atoms with Gasteiger partial charge in [-0.05, 0) is 31.4 Å². The van der Waals surface area contributed by atoms with Crippen LogP contribution in [0.4, 0.5) is 0 Å². The standard InChI is InChI=1S/C17H13N3/c1-10-14-7-6-11-8-9-18-15-12-4-2-3-5-13(12)17(19-10)20(14)16(11)15/h2-5,8-9H,6-7H2,1H3. The first-order valence-electron chi connectivity index (χ1n) is 7.01. The van der Waals surface area contributed by atoms with Crippen LogP contribution in [0, 0.1) is 6.92 Å². The van der Waals surface area contributed by atoms with Crippen LogP contribution < -0.4 is 0 Å². The van der Waals surface area contributed by atoms with Gasteiger partial charge in [-0.3, -0.25) is 9.38 Å². The number of nitrogens with zero attached hydrogens (tertiary/aromatic N) is 3. The summed E-state index contributed by atoms with van der Waals surface area (Å²) in [5, 5.41) is 2.40. The van der Waals surface area contributed by atoms with Crippen molar-refractivity contribution in [2.24, 2.45) is 0 Å². The molecule has 0 bridgehead atoms. The maximum Gasteiger partial charge on any atom is 0.145 e. The Morgan fingerprint density at radius 1 is 1.05 bits per heavy atom. The van der Waals surface area contributed by atoms with E-state index in [0.29, 0.717) is 0 Å². The van der Waals surface area contributed by atoms with Gasteiger partial charge in [-0.1, -0.05) is 24.3 Å². The molecule has 0 aliphatic carbocycles. The molecule has 0 fully saturated rings. The molecule has 0 saturated heterocycles. The molecule has 1 aliphatic rings. The summed E-state index contributed by atoms with van der Waals surface area (Å²) in [7, 11) is 0. The van der Waals surface area contributed by atoms with Gasteiger partial charge in [0.1, 0.15) is 5.65 Å². The maximum absolute atomic E-state index is 4.83. The Labute approximate surface area is 115 Å². The van der Waals surface area contributed by atoms with Crippen LogP contribution in [-0.4, -0.2) is 14.4 Å². The molecule has 96 valence electrons. The molecule has 0 atom stereocenters.